The first kappa shape index (κ1) is 27.6. The summed E-state index contributed by atoms with van der Waals surface area (Å²) in [5, 5.41) is 1.03. The van der Waals surface area contributed by atoms with E-state index >= 15 is 0 Å². The van der Waals surface area contributed by atoms with Crippen molar-refractivity contribution < 1.29 is 19.0 Å². The van der Waals surface area contributed by atoms with Gasteiger partial charge in [-0.25, -0.2) is 9.97 Å². The molecule has 2 atom stereocenters. The average molecular weight is 569 g/mol. The smallest absolute Gasteiger partial charge is 0.254 e. The van der Waals surface area contributed by atoms with Gasteiger partial charge in [0.25, 0.3) is 5.91 Å². The van der Waals surface area contributed by atoms with E-state index in [-0.39, 0.29) is 18.1 Å². The lowest BCUT2D eigenvalue weighted by Gasteiger charge is -2.35. The molecular weight excluding hydrogens is 536 g/mol. The van der Waals surface area contributed by atoms with Gasteiger partial charge < -0.3 is 24.0 Å². The van der Waals surface area contributed by atoms with Crippen molar-refractivity contribution in [2.45, 2.75) is 49.9 Å². The summed E-state index contributed by atoms with van der Waals surface area (Å²) in [4.78, 5) is 26.3. The molecule has 2 aliphatic rings. The fourth-order valence-electron chi connectivity index (χ4n) is 5.11. The lowest BCUT2D eigenvalue weighted by molar-refractivity contribution is -0.0586. The zero-order chi connectivity index (χ0) is 27.5. The number of hydrogen-bond donors (Lipinski definition) is 0. The summed E-state index contributed by atoms with van der Waals surface area (Å²) in [5.41, 5.74) is 4.20. The number of anilines is 1. The molecule has 0 bridgehead atoms. The first-order chi connectivity index (χ1) is 18.8. The number of carbonyl (C=O) groups is 1. The maximum absolute atomic E-state index is 13.0. The molecule has 0 saturated carbocycles. The number of halogens is 1. The largest absolute Gasteiger partial charge is 0.493 e. The maximum Gasteiger partial charge on any atom is 0.254 e. The van der Waals surface area contributed by atoms with Crippen molar-refractivity contribution in [2.75, 3.05) is 38.8 Å². The summed E-state index contributed by atoms with van der Waals surface area (Å²) in [6.07, 6.45) is 0.955. The molecule has 0 aliphatic carbocycles. The van der Waals surface area contributed by atoms with E-state index in [2.05, 4.69) is 16.0 Å². The molecule has 10 heteroatoms. The van der Waals surface area contributed by atoms with E-state index < -0.39 is 0 Å². The Balaban J connectivity index is 1.24. The Morgan fingerprint density at radius 1 is 1.03 bits per heavy atom. The van der Waals surface area contributed by atoms with Crippen LogP contribution in [-0.4, -0.2) is 66.8 Å². The molecule has 2 unspecified atom stereocenters. The summed E-state index contributed by atoms with van der Waals surface area (Å²) >= 11 is 7.93. The average Bonchev–Trinajstić information content (AvgIpc) is 2.94. The molecule has 5 rings (SSSR count). The van der Waals surface area contributed by atoms with E-state index in [1.54, 1.807) is 14.2 Å². The quantitative estimate of drug-likeness (QED) is 0.217. The number of amides is 1. The maximum atomic E-state index is 13.0. The van der Waals surface area contributed by atoms with Gasteiger partial charge in [-0.3, -0.25) is 4.79 Å². The SMILES string of the molecule is COc1cc2c(cc1OC)CN(c1cc(Cl)nc(SCc3ccc(C(=O)N4CC(C)OC(C)C4)cc3)n1)CC2. The summed E-state index contributed by atoms with van der Waals surface area (Å²) < 4.78 is 16.7. The second-order valence-electron chi connectivity index (χ2n) is 9.93. The van der Waals surface area contributed by atoms with Crippen LogP contribution in [-0.2, 0) is 23.5 Å². The Bertz CT molecular complexity index is 1330. The fourth-order valence-corrected chi connectivity index (χ4v) is 6.15. The molecule has 3 heterocycles. The number of ether oxygens (including phenoxy) is 3. The molecule has 39 heavy (non-hydrogen) atoms. The van der Waals surface area contributed by atoms with Crippen LogP contribution in [0.3, 0.4) is 0 Å². The number of thioether (sulfide) groups is 1. The Kier molecular flexibility index (Phi) is 8.49. The van der Waals surface area contributed by atoms with Crippen molar-refractivity contribution in [3.05, 3.63) is 69.9 Å². The predicted molar refractivity (Wildman–Crippen MR) is 153 cm³/mol. The summed E-state index contributed by atoms with van der Waals surface area (Å²) in [6.45, 7) is 6.73. The molecule has 1 aromatic heterocycles. The fraction of sp³-hybridized carbons (Fsp3) is 0.414. The lowest BCUT2D eigenvalue weighted by atomic mass is 9.99. The highest BCUT2D eigenvalue weighted by Gasteiger charge is 2.26. The van der Waals surface area contributed by atoms with Crippen LogP contribution in [0.15, 0.2) is 47.6 Å². The molecule has 8 nitrogen and oxygen atoms in total. The highest BCUT2D eigenvalue weighted by molar-refractivity contribution is 7.98. The molecule has 0 spiro atoms. The highest BCUT2D eigenvalue weighted by Crippen LogP contribution is 2.35. The zero-order valence-electron chi connectivity index (χ0n) is 22.6. The summed E-state index contributed by atoms with van der Waals surface area (Å²) in [7, 11) is 3.30. The normalized spacial score (nSPS) is 19.0. The number of morpholine rings is 1. The van der Waals surface area contributed by atoms with E-state index in [1.165, 1.54) is 22.9 Å². The number of carbonyl (C=O) groups excluding carboxylic acids is 1. The van der Waals surface area contributed by atoms with Gasteiger partial charge in [0.15, 0.2) is 16.7 Å². The van der Waals surface area contributed by atoms with E-state index in [9.17, 15) is 4.79 Å². The second-order valence-corrected chi connectivity index (χ2v) is 11.3. The summed E-state index contributed by atoms with van der Waals surface area (Å²) in [5.74, 6) is 2.97. The molecule has 1 amide bonds. The first-order valence-corrected chi connectivity index (χ1v) is 14.4. The van der Waals surface area contributed by atoms with E-state index in [0.29, 0.717) is 41.3 Å². The molecular formula is C29H33ClN4O4S. The number of benzene rings is 2. The number of aromatic nitrogens is 2. The van der Waals surface area contributed by atoms with Gasteiger partial charge in [0.05, 0.1) is 26.4 Å². The van der Waals surface area contributed by atoms with Crippen LogP contribution in [0.4, 0.5) is 5.82 Å². The van der Waals surface area contributed by atoms with Crippen molar-refractivity contribution >= 4 is 35.1 Å². The Hall–Kier alpha value is -3.01. The Labute approximate surface area is 238 Å². The van der Waals surface area contributed by atoms with E-state index in [1.807, 2.05) is 55.1 Å². The Morgan fingerprint density at radius 3 is 2.36 bits per heavy atom. The number of nitrogens with zero attached hydrogens (tertiary/aromatic N) is 4. The van der Waals surface area contributed by atoms with Crippen LogP contribution < -0.4 is 14.4 Å². The standard InChI is InChI=1S/C29H33ClN4O4S/c1-18-14-34(15-19(2)38-18)28(35)21-7-5-20(6-8-21)17-39-29-31-26(30)13-27(32-29)33-10-9-22-11-24(36-3)25(37-4)12-23(22)16-33/h5-8,11-13,18-19H,9-10,14-17H2,1-4H3. The molecule has 3 aromatic rings. The van der Waals surface area contributed by atoms with Crippen molar-refractivity contribution in [1.29, 1.82) is 0 Å². The lowest BCUT2D eigenvalue weighted by Crippen LogP contribution is -2.48. The molecule has 1 saturated heterocycles. The first-order valence-electron chi connectivity index (χ1n) is 13.0. The van der Waals surface area contributed by atoms with Crippen molar-refractivity contribution in [3.63, 3.8) is 0 Å². The van der Waals surface area contributed by atoms with Gasteiger partial charge in [-0.05, 0) is 61.2 Å². The van der Waals surface area contributed by atoms with Gasteiger partial charge in [-0.2, -0.15) is 0 Å². The number of rotatable bonds is 7. The van der Waals surface area contributed by atoms with Crippen LogP contribution in [0, 0.1) is 0 Å². The van der Waals surface area contributed by atoms with Crippen LogP contribution in [0.2, 0.25) is 5.15 Å². The number of fused-ring (bicyclic) bond motifs is 1. The van der Waals surface area contributed by atoms with Crippen LogP contribution >= 0.6 is 23.4 Å². The predicted octanol–water partition coefficient (Wildman–Crippen LogP) is 5.25. The molecule has 1 fully saturated rings. The third kappa shape index (κ3) is 6.42. The van der Waals surface area contributed by atoms with E-state index in [0.717, 1.165) is 35.8 Å². The molecule has 2 aliphatic heterocycles. The molecule has 0 radical (unpaired) electrons. The summed E-state index contributed by atoms with van der Waals surface area (Å²) in [6, 6.07) is 13.7. The molecule has 0 N–H and O–H groups in total. The van der Waals surface area contributed by atoms with Gasteiger partial charge in [-0.1, -0.05) is 35.5 Å². The van der Waals surface area contributed by atoms with Gasteiger partial charge in [0.1, 0.15) is 11.0 Å². The van der Waals surface area contributed by atoms with Crippen LogP contribution in [0.25, 0.3) is 0 Å². The minimum Gasteiger partial charge on any atom is -0.493 e. The molecule has 206 valence electrons. The third-order valence-corrected chi connectivity index (χ3v) is 8.09. The monoisotopic (exact) mass is 568 g/mol. The zero-order valence-corrected chi connectivity index (χ0v) is 24.2. The van der Waals surface area contributed by atoms with E-state index in [4.69, 9.17) is 30.8 Å². The topological polar surface area (TPSA) is 77.0 Å². The third-order valence-electron chi connectivity index (χ3n) is 6.98. The van der Waals surface area contributed by atoms with Gasteiger partial charge in [-0.15, -0.1) is 0 Å². The number of methoxy groups -OCH3 is 2. The van der Waals surface area contributed by atoms with Crippen LogP contribution in [0.5, 0.6) is 11.5 Å². The highest BCUT2D eigenvalue weighted by atomic mass is 35.5. The minimum atomic E-state index is 0.0400. The second kappa shape index (κ2) is 12.0. The Morgan fingerprint density at radius 2 is 1.69 bits per heavy atom. The van der Waals surface area contributed by atoms with Gasteiger partial charge in [0.2, 0.25) is 0 Å². The minimum absolute atomic E-state index is 0.0400. The molecule has 2 aromatic carbocycles. The van der Waals surface area contributed by atoms with Crippen LogP contribution in [0.1, 0.15) is 40.9 Å². The van der Waals surface area contributed by atoms with Gasteiger partial charge >= 0.3 is 0 Å². The van der Waals surface area contributed by atoms with Crippen molar-refractivity contribution in [2.24, 2.45) is 0 Å². The van der Waals surface area contributed by atoms with Gasteiger partial charge in [0, 0.05) is 43.6 Å². The number of hydrogen-bond acceptors (Lipinski definition) is 8. The van der Waals surface area contributed by atoms with Crippen molar-refractivity contribution in [3.8, 4) is 11.5 Å². The van der Waals surface area contributed by atoms with Crippen molar-refractivity contribution in [1.82, 2.24) is 14.9 Å².